The van der Waals surface area contributed by atoms with E-state index in [1.54, 1.807) is 0 Å². The Labute approximate surface area is 87.4 Å². The Kier molecular flexibility index (Phi) is 7.48. The number of hydrogen-bond donors (Lipinski definition) is 0. The zero-order valence-electron chi connectivity index (χ0n) is 9.88. The van der Waals surface area contributed by atoms with Crippen molar-refractivity contribution in [2.45, 2.75) is 46.6 Å². The molecular formula is C11H23NO2. The fourth-order valence-corrected chi connectivity index (χ4v) is 1.25. The summed E-state index contributed by atoms with van der Waals surface area (Å²) in [5.74, 6) is -0.114. The molecule has 0 saturated heterocycles. The minimum absolute atomic E-state index is 0.114. The first-order chi connectivity index (χ1) is 6.61. The zero-order chi connectivity index (χ0) is 11.0. The first-order valence-corrected chi connectivity index (χ1v) is 5.51. The van der Waals surface area contributed by atoms with E-state index in [4.69, 9.17) is 4.74 Å². The van der Waals surface area contributed by atoms with Crippen molar-refractivity contribution in [3.8, 4) is 0 Å². The molecule has 0 heterocycles. The molecule has 3 heteroatoms. The van der Waals surface area contributed by atoms with Gasteiger partial charge in [-0.2, -0.15) is 0 Å². The highest BCUT2D eigenvalue weighted by Crippen LogP contribution is 2.01. The van der Waals surface area contributed by atoms with E-state index in [0.717, 1.165) is 19.4 Å². The smallest absolute Gasteiger partial charge is 0.320 e. The standard InChI is InChI=1S/C11H23NO2/c1-5-7-8-12(10(3)4)9-11(13)14-6-2/h10H,5-9H2,1-4H3. The Hall–Kier alpha value is -0.570. The second-order valence-electron chi connectivity index (χ2n) is 3.72. The van der Waals surface area contributed by atoms with Gasteiger partial charge in [0.05, 0.1) is 13.2 Å². The van der Waals surface area contributed by atoms with Crippen LogP contribution in [0, 0.1) is 0 Å². The molecule has 0 unspecified atom stereocenters. The Morgan fingerprint density at radius 1 is 1.36 bits per heavy atom. The fraction of sp³-hybridized carbons (Fsp3) is 0.909. The quantitative estimate of drug-likeness (QED) is 0.590. The van der Waals surface area contributed by atoms with Crippen LogP contribution in [0.15, 0.2) is 0 Å². The molecule has 0 radical (unpaired) electrons. The van der Waals surface area contributed by atoms with Crippen molar-refractivity contribution >= 4 is 5.97 Å². The van der Waals surface area contributed by atoms with Gasteiger partial charge in [0.1, 0.15) is 0 Å². The van der Waals surface area contributed by atoms with Crippen LogP contribution in [0.2, 0.25) is 0 Å². The van der Waals surface area contributed by atoms with Crippen molar-refractivity contribution < 1.29 is 9.53 Å². The largest absolute Gasteiger partial charge is 0.465 e. The number of nitrogens with zero attached hydrogens (tertiary/aromatic N) is 1. The van der Waals surface area contributed by atoms with Crippen LogP contribution in [0.3, 0.4) is 0 Å². The number of carbonyl (C=O) groups is 1. The Bertz CT molecular complexity index is 157. The highest BCUT2D eigenvalue weighted by molar-refractivity contribution is 5.71. The highest BCUT2D eigenvalue weighted by atomic mass is 16.5. The summed E-state index contributed by atoms with van der Waals surface area (Å²) in [5.41, 5.74) is 0. The van der Waals surface area contributed by atoms with E-state index in [-0.39, 0.29) is 5.97 Å². The third kappa shape index (κ3) is 5.97. The second-order valence-corrected chi connectivity index (χ2v) is 3.72. The molecule has 0 saturated carbocycles. The topological polar surface area (TPSA) is 29.5 Å². The van der Waals surface area contributed by atoms with Crippen LogP contribution >= 0.6 is 0 Å². The second kappa shape index (κ2) is 7.80. The van der Waals surface area contributed by atoms with Gasteiger partial charge >= 0.3 is 5.97 Å². The van der Waals surface area contributed by atoms with Gasteiger partial charge in [-0.1, -0.05) is 13.3 Å². The molecule has 0 aliphatic heterocycles. The minimum atomic E-state index is -0.114. The SMILES string of the molecule is CCCCN(CC(=O)OCC)C(C)C. The van der Waals surface area contributed by atoms with Gasteiger partial charge in [0, 0.05) is 6.04 Å². The summed E-state index contributed by atoms with van der Waals surface area (Å²) in [6.45, 7) is 10.1. The molecule has 0 fully saturated rings. The van der Waals surface area contributed by atoms with Gasteiger partial charge in [-0.3, -0.25) is 9.69 Å². The van der Waals surface area contributed by atoms with Crippen molar-refractivity contribution in [2.75, 3.05) is 19.7 Å². The zero-order valence-corrected chi connectivity index (χ0v) is 9.88. The molecule has 0 aromatic heterocycles. The van der Waals surface area contributed by atoms with Crippen LogP contribution in [-0.4, -0.2) is 36.6 Å². The molecule has 84 valence electrons. The summed E-state index contributed by atoms with van der Waals surface area (Å²) >= 11 is 0. The van der Waals surface area contributed by atoms with Crippen LogP contribution in [0.5, 0.6) is 0 Å². The Morgan fingerprint density at radius 2 is 2.00 bits per heavy atom. The molecule has 3 nitrogen and oxygen atoms in total. The molecule has 0 bridgehead atoms. The van der Waals surface area contributed by atoms with Crippen molar-refractivity contribution in [3.05, 3.63) is 0 Å². The van der Waals surface area contributed by atoms with Crippen LogP contribution in [0.1, 0.15) is 40.5 Å². The fourth-order valence-electron chi connectivity index (χ4n) is 1.25. The predicted octanol–water partition coefficient (Wildman–Crippen LogP) is 2.06. The summed E-state index contributed by atoms with van der Waals surface area (Å²) in [4.78, 5) is 13.4. The Balaban J connectivity index is 3.89. The molecule has 0 aliphatic rings. The number of unbranched alkanes of at least 4 members (excludes halogenated alkanes) is 1. The van der Waals surface area contributed by atoms with E-state index >= 15 is 0 Å². The monoisotopic (exact) mass is 201 g/mol. The molecule has 0 aromatic carbocycles. The molecular weight excluding hydrogens is 178 g/mol. The van der Waals surface area contributed by atoms with Crippen molar-refractivity contribution in [2.24, 2.45) is 0 Å². The highest BCUT2D eigenvalue weighted by Gasteiger charge is 2.13. The number of esters is 1. The summed E-state index contributed by atoms with van der Waals surface area (Å²) < 4.78 is 4.92. The van der Waals surface area contributed by atoms with E-state index in [0.29, 0.717) is 19.2 Å². The third-order valence-corrected chi connectivity index (χ3v) is 2.17. The van der Waals surface area contributed by atoms with Gasteiger partial charge in [-0.25, -0.2) is 0 Å². The predicted molar refractivity (Wildman–Crippen MR) is 58.3 cm³/mol. The molecule has 0 N–H and O–H groups in total. The number of rotatable bonds is 7. The average Bonchev–Trinajstić information content (AvgIpc) is 2.12. The summed E-state index contributed by atoms with van der Waals surface area (Å²) in [6.07, 6.45) is 2.30. The van der Waals surface area contributed by atoms with Gasteiger partial charge in [0.25, 0.3) is 0 Å². The van der Waals surface area contributed by atoms with Crippen molar-refractivity contribution in [1.29, 1.82) is 0 Å². The number of ether oxygens (including phenoxy) is 1. The molecule has 0 amide bonds. The molecule has 0 rings (SSSR count). The third-order valence-electron chi connectivity index (χ3n) is 2.17. The van der Waals surface area contributed by atoms with Crippen LogP contribution < -0.4 is 0 Å². The van der Waals surface area contributed by atoms with Crippen molar-refractivity contribution in [1.82, 2.24) is 4.90 Å². The summed E-state index contributed by atoms with van der Waals surface area (Å²) in [5, 5.41) is 0. The number of carbonyl (C=O) groups excluding carboxylic acids is 1. The molecule has 0 aromatic rings. The lowest BCUT2D eigenvalue weighted by Gasteiger charge is -2.24. The maximum absolute atomic E-state index is 11.3. The minimum Gasteiger partial charge on any atom is -0.465 e. The van der Waals surface area contributed by atoms with Gasteiger partial charge in [-0.15, -0.1) is 0 Å². The average molecular weight is 201 g/mol. The van der Waals surface area contributed by atoms with Crippen LogP contribution in [-0.2, 0) is 9.53 Å². The van der Waals surface area contributed by atoms with E-state index in [2.05, 4.69) is 25.7 Å². The molecule has 0 aliphatic carbocycles. The van der Waals surface area contributed by atoms with Gasteiger partial charge in [0.2, 0.25) is 0 Å². The van der Waals surface area contributed by atoms with Crippen molar-refractivity contribution in [3.63, 3.8) is 0 Å². The van der Waals surface area contributed by atoms with E-state index in [1.807, 2.05) is 6.92 Å². The lowest BCUT2D eigenvalue weighted by atomic mass is 10.2. The van der Waals surface area contributed by atoms with Crippen LogP contribution in [0.4, 0.5) is 0 Å². The van der Waals surface area contributed by atoms with Gasteiger partial charge in [0.15, 0.2) is 0 Å². The Morgan fingerprint density at radius 3 is 2.43 bits per heavy atom. The maximum atomic E-state index is 11.3. The van der Waals surface area contributed by atoms with E-state index in [1.165, 1.54) is 0 Å². The first kappa shape index (κ1) is 13.4. The molecule has 0 atom stereocenters. The summed E-state index contributed by atoms with van der Waals surface area (Å²) in [7, 11) is 0. The molecule has 0 spiro atoms. The number of hydrogen-bond acceptors (Lipinski definition) is 3. The normalized spacial score (nSPS) is 11.0. The van der Waals surface area contributed by atoms with E-state index in [9.17, 15) is 4.79 Å². The first-order valence-electron chi connectivity index (χ1n) is 5.51. The van der Waals surface area contributed by atoms with E-state index < -0.39 is 0 Å². The lowest BCUT2D eigenvalue weighted by molar-refractivity contribution is -0.144. The maximum Gasteiger partial charge on any atom is 0.320 e. The summed E-state index contributed by atoms with van der Waals surface area (Å²) in [6, 6.07) is 0.408. The van der Waals surface area contributed by atoms with Gasteiger partial charge in [-0.05, 0) is 33.7 Å². The van der Waals surface area contributed by atoms with Crippen LogP contribution in [0.25, 0.3) is 0 Å². The van der Waals surface area contributed by atoms with Gasteiger partial charge < -0.3 is 4.74 Å². The molecule has 14 heavy (non-hydrogen) atoms. The lowest BCUT2D eigenvalue weighted by Crippen LogP contribution is -2.37.